The Morgan fingerprint density at radius 3 is 2.00 bits per heavy atom. The van der Waals surface area contributed by atoms with E-state index in [1.165, 1.54) is 5.56 Å². The highest BCUT2D eigenvalue weighted by molar-refractivity contribution is 5.75. The summed E-state index contributed by atoms with van der Waals surface area (Å²) in [7, 11) is 0. The van der Waals surface area contributed by atoms with Gasteiger partial charge in [-0.25, -0.2) is 0 Å². The maximum atomic E-state index is 10.9. The van der Waals surface area contributed by atoms with Gasteiger partial charge >= 0.3 is 5.97 Å². The molecule has 15 heavy (non-hydrogen) atoms. The molecule has 1 aromatic rings. The molecule has 1 N–H and O–H groups in total. The first-order valence-electron chi connectivity index (χ1n) is 5.39. The molecule has 1 aromatic carbocycles. The SMILES string of the molecule is CCC(C(=O)O)c1ccc(C(C)C)cc1. The Bertz CT molecular complexity index is 325. The van der Waals surface area contributed by atoms with Crippen molar-refractivity contribution in [2.45, 2.75) is 39.0 Å². The van der Waals surface area contributed by atoms with Gasteiger partial charge in [-0.3, -0.25) is 4.79 Å². The second-order valence-corrected chi connectivity index (χ2v) is 4.12. The van der Waals surface area contributed by atoms with Gasteiger partial charge < -0.3 is 5.11 Å². The summed E-state index contributed by atoms with van der Waals surface area (Å²) in [6, 6.07) is 7.90. The van der Waals surface area contributed by atoms with Crippen LogP contribution in [0.15, 0.2) is 24.3 Å². The molecule has 0 heterocycles. The van der Waals surface area contributed by atoms with Crippen molar-refractivity contribution in [2.24, 2.45) is 0 Å². The number of carboxylic acid groups (broad SMARTS) is 1. The first kappa shape index (κ1) is 11.8. The number of carboxylic acids is 1. The average Bonchev–Trinajstić information content (AvgIpc) is 2.19. The van der Waals surface area contributed by atoms with Crippen molar-refractivity contribution in [1.82, 2.24) is 0 Å². The fourth-order valence-electron chi connectivity index (χ4n) is 1.67. The van der Waals surface area contributed by atoms with Crippen LogP contribution in [-0.4, -0.2) is 11.1 Å². The first-order valence-corrected chi connectivity index (χ1v) is 5.39. The number of benzene rings is 1. The van der Waals surface area contributed by atoms with Crippen molar-refractivity contribution in [3.8, 4) is 0 Å². The van der Waals surface area contributed by atoms with E-state index in [0.717, 1.165) is 5.56 Å². The zero-order valence-electron chi connectivity index (χ0n) is 9.53. The third-order valence-electron chi connectivity index (χ3n) is 2.71. The van der Waals surface area contributed by atoms with Gasteiger partial charge in [0.05, 0.1) is 5.92 Å². The molecular formula is C13H18O2. The molecule has 0 aliphatic heterocycles. The Morgan fingerprint density at radius 2 is 1.67 bits per heavy atom. The minimum absolute atomic E-state index is 0.369. The van der Waals surface area contributed by atoms with Gasteiger partial charge in [0.1, 0.15) is 0 Å². The minimum Gasteiger partial charge on any atom is -0.481 e. The molecule has 1 unspecified atom stereocenters. The van der Waals surface area contributed by atoms with E-state index in [9.17, 15) is 4.79 Å². The van der Waals surface area contributed by atoms with Crippen LogP contribution in [0.2, 0.25) is 0 Å². The zero-order valence-corrected chi connectivity index (χ0v) is 9.53. The predicted octanol–water partition coefficient (Wildman–Crippen LogP) is 3.39. The summed E-state index contributed by atoms with van der Waals surface area (Å²) in [6.07, 6.45) is 0.635. The van der Waals surface area contributed by atoms with E-state index in [1.54, 1.807) is 0 Å². The first-order chi connectivity index (χ1) is 7.06. The van der Waals surface area contributed by atoms with Crippen LogP contribution >= 0.6 is 0 Å². The highest BCUT2D eigenvalue weighted by Crippen LogP contribution is 2.22. The van der Waals surface area contributed by atoms with E-state index in [0.29, 0.717) is 12.3 Å². The van der Waals surface area contributed by atoms with E-state index >= 15 is 0 Å². The molecule has 0 spiro atoms. The van der Waals surface area contributed by atoms with Crippen LogP contribution in [0.25, 0.3) is 0 Å². The Morgan fingerprint density at radius 1 is 1.20 bits per heavy atom. The second-order valence-electron chi connectivity index (χ2n) is 4.12. The normalized spacial score (nSPS) is 12.8. The Kier molecular flexibility index (Phi) is 3.89. The van der Waals surface area contributed by atoms with Gasteiger partial charge in [0.2, 0.25) is 0 Å². The lowest BCUT2D eigenvalue weighted by atomic mass is 9.94. The quantitative estimate of drug-likeness (QED) is 0.819. The molecule has 0 saturated carbocycles. The van der Waals surface area contributed by atoms with Gasteiger partial charge in [-0.05, 0) is 23.5 Å². The van der Waals surface area contributed by atoms with Gasteiger partial charge in [0.15, 0.2) is 0 Å². The number of aliphatic carboxylic acids is 1. The van der Waals surface area contributed by atoms with Crippen molar-refractivity contribution in [3.05, 3.63) is 35.4 Å². The maximum absolute atomic E-state index is 10.9. The van der Waals surface area contributed by atoms with Gasteiger partial charge in [-0.2, -0.15) is 0 Å². The molecule has 0 aromatic heterocycles. The lowest BCUT2D eigenvalue weighted by Crippen LogP contribution is -2.10. The average molecular weight is 206 g/mol. The van der Waals surface area contributed by atoms with Crippen LogP contribution in [0.4, 0.5) is 0 Å². The van der Waals surface area contributed by atoms with Crippen LogP contribution in [-0.2, 0) is 4.79 Å². The van der Waals surface area contributed by atoms with Gasteiger partial charge in [0, 0.05) is 0 Å². The van der Waals surface area contributed by atoms with Crippen LogP contribution < -0.4 is 0 Å². The molecule has 82 valence electrons. The monoisotopic (exact) mass is 206 g/mol. The second kappa shape index (κ2) is 4.96. The van der Waals surface area contributed by atoms with E-state index < -0.39 is 5.97 Å². The summed E-state index contributed by atoms with van der Waals surface area (Å²) >= 11 is 0. The van der Waals surface area contributed by atoms with E-state index in [1.807, 2.05) is 31.2 Å². The van der Waals surface area contributed by atoms with Gasteiger partial charge in [-0.1, -0.05) is 45.0 Å². The molecule has 0 aliphatic carbocycles. The molecule has 1 atom stereocenters. The molecule has 0 saturated heterocycles. The largest absolute Gasteiger partial charge is 0.481 e. The molecule has 2 nitrogen and oxygen atoms in total. The van der Waals surface area contributed by atoms with Crippen LogP contribution in [0, 0.1) is 0 Å². The summed E-state index contributed by atoms with van der Waals surface area (Å²) < 4.78 is 0. The van der Waals surface area contributed by atoms with Gasteiger partial charge in [0.25, 0.3) is 0 Å². The molecule has 0 radical (unpaired) electrons. The highest BCUT2D eigenvalue weighted by Gasteiger charge is 2.17. The zero-order chi connectivity index (χ0) is 11.4. The number of hydrogen-bond acceptors (Lipinski definition) is 1. The lowest BCUT2D eigenvalue weighted by molar-refractivity contribution is -0.138. The summed E-state index contributed by atoms with van der Waals surface area (Å²) in [5, 5.41) is 9.01. The highest BCUT2D eigenvalue weighted by atomic mass is 16.4. The Labute approximate surface area is 90.9 Å². The number of rotatable bonds is 4. The maximum Gasteiger partial charge on any atom is 0.310 e. The molecular weight excluding hydrogens is 188 g/mol. The number of carbonyl (C=O) groups is 1. The van der Waals surface area contributed by atoms with Crippen molar-refractivity contribution >= 4 is 5.97 Å². The molecule has 0 bridgehead atoms. The smallest absolute Gasteiger partial charge is 0.310 e. The third kappa shape index (κ3) is 2.82. The van der Waals surface area contributed by atoms with Crippen molar-refractivity contribution < 1.29 is 9.90 Å². The molecule has 2 heteroatoms. The van der Waals surface area contributed by atoms with E-state index in [-0.39, 0.29) is 5.92 Å². The summed E-state index contributed by atoms with van der Waals surface area (Å²) in [5.74, 6) is -0.620. The molecule has 0 fully saturated rings. The standard InChI is InChI=1S/C13H18O2/c1-4-12(13(14)15)11-7-5-10(6-8-11)9(2)3/h5-9,12H,4H2,1-3H3,(H,14,15). The predicted molar refractivity (Wildman–Crippen MR) is 61.2 cm³/mol. The third-order valence-corrected chi connectivity index (χ3v) is 2.71. The Hall–Kier alpha value is -1.31. The van der Waals surface area contributed by atoms with Crippen LogP contribution in [0.5, 0.6) is 0 Å². The fourth-order valence-corrected chi connectivity index (χ4v) is 1.67. The van der Waals surface area contributed by atoms with Crippen molar-refractivity contribution in [1.29, 1.82) is 0 Å². The molecule has 0 aliphatic rings. The lowest BCUT2D eigenvalue weighted by Gasteiger charge is -2.11. The van der Waals surface area contributed by atoms with Crippen LogP contribution in [0.3, 0.4) is 0 Å². The van der Waals surface area contributed by atoms with Crippen molar-refractivity contribution in [3.63, 3.8) is 0 Å². The Balaban J connectivity index is 2.92. The molecule has 0 amide bonds. The van der Waals surface area contributed by atoms with Gasteiger partial charge in [-0.15, -0.1) is 0 Å². The van der Waals surface area contributed by atoms with E-state index in [4.69, 9.17) is 5.11 Å². The topological polar surface area (TPSA) is 37.3 Å². The summed E-state index contributed by atoms with van der Waals surface area (Å²) in [5.41, 5.74) is 2.15. The summed E-state index contributed by atoms with van der Waals surface area (Å²) in [4.78, 5) is 10.9. The minimum atomic E-state index is -0.741. The number of hydrogen-bond donors (Lipinski definition) is 1. The van der Waals surface area contributed by atoms with Crippen LogP contribution in [0.1, 0.15) is 50.2 Å². The fraction of sp³-hybridized carbons (Fsp3) is 0.462. The van der Waals surface area contributed by atoms with E-state index in [2.05, 4.69) is 13.8 Å². The summed E-state index contributed by atoms with van der Waals surface area (Å²) in [6.45, 7) is 6.15. The molecule has 1 rings (SSSR count). The van der Waals surface area contributed by atoms with Crippen molar-refractivity contribution in [2.75, 3.05) is 0 Å².